The molecule has 6 heteroatoms. The molecule has 1 heterocycles. The SMILES string of the molecule is NC(=O)C1CSCCN1CCCOc1cccc(I)c1. The fourth-order valence-electron chi connectivity index (χ4n) is 2.18. The Morgan fingerprint density at radius 1 is 1.55 bits per heavy atom. The van der Waals surface area contributed by atoms with Crippen LogP contribution in [0, 0.1) is 3.57 Å². The van der Waals surface area contributed by atoms with Crippen LogP contribution in [0.5, 0.6) is 5.75 Å². The van der Waals surface area contributed by atoms with Gasteiger partial charge in [-0.25, -0.2) is 0 Å². The summed E-state index contributed by atoms with van der Waals surface area (Å²) in [6.07, 6.45) is 0.903. The van der Waals surface area contributed by atoms with Gasteiger partial charge in [-0.1, -0.05) is 6.07 Å². The smallest absolute Gasteiger partial charge is 0.235 e. The molecule has 1 saturated heterocycles. The molecule has 1 aromatic carbocycles. The van der Waals surface area contributed by atoms with Crippen LogP contribution in [-0.2, 0) is 4.79 Å². The van der Waals surface area contributed by atoms with Crippen molar-refractivity contribution in [3.8, 4) is 5.75 Å². The Morgan fingerprint density at radius 2 is 2.40 bits per heavy atom. The van der Waals surface area contributed by atoms with Crippen LogP contribution in [-0.4, -0.2) is 48.1 Å². The molecule has 1 atom stereocenters. The second kappa shape index (κ2) is 8.09. The average Bonchev–Trinajstić information content (AvgIpc) is 2.44. The number of benzene rings is 1. The zero-order valence-corrected chi connectivity index (χ0v) is 14.2. The summed E-state index contributed by atoms with van der Waals surface area (Å²) in [6.45, 7) is 2.45. The quantitative estimate of drug-likeness (QED) is 0.580. The third-order valence-electron chi connectivity index (χ3n) is 3.22. The fraction of sp³-hybridized carbons (Fsp3) is 0.500. The number of rotatable bonds is 6. The molecule has 1 aromatic rings. The van der Waals surface area contributed by atoms with E-state index in [9.17, 15) is 4.79 Å². The van der Waals surface area contributed by atoms with E-state index < -0.39 is 0 Å². The van der Waals surface area contributed by atoms with Crippen LogP contribution in [0.4, 0.5) is 0 Å². The first-order chi connectivity index (χ1) is 9.66. The molecule has 0 saturated carbocycles. The lowest BCUT2D eigenvalue weighted by Crippen LogP contribution is -2.50. The number of primary amides is 1. The molecule has 1 amide bonds. The van der Waals surface area contributed by atoms with E-state index in [2.05, 4.69) is 27.5 Å². The Hall–Kier alpha value is -0.470. The number of nitrogens with zero attached hydrogens (tertiary/aromatic N) is 1. The van der Waals surface area contributed by atoms with Gasteiger partial charge >= 0.3 is 0 Å². The summed E-state index contributed by atoms with van der Waals surface area (Å²) >= 11 is 4.07. The molecular formula is C14H19IN2O2S. The molecule has 0 radical (unpaired) electrons. The van der Waals surface area contributed by atoms with E-state index in [-0.39, 0.29) is 11.9 Å². The molecule has 1 aliphatic rings. The van der Waals surface area contributed by atoms with Gasteiger partial charge in [0.1, 0.15) is 5.75 Å². The van der Waals surface area contributed by atoms with Gasteiger partial charge in [0.25, 0.3) is 0 Å². The third-order valence-corrected chi connectivity index (χ3v) is 4.92. The van der Waals surface area contributed by atoms with Gasteiger partial charge in [0.2, 0.25) is 5.91 Å². The number of hydrogen-bond donors (Lipinski definition) is 1. The molecule has 4 nitrogen and oxygen atoms in total. The van der Waals surface area contributed by atoms with Crippen molar-refractivity contribution in [2.24, 2.45) is 5.73 Å². The van der Waals surface area contributed by atoms with Crippen LogP contribution in [0.2, 0.25) is 0 Å². The van der Waals surface area contributed by atoms with Gasteiger partial charge < -0.3 is 10.5 Å². The van der Waals surface area contributed by atoms with Gasteiger partial charge in [-0.2, -0.15) is 11.8 Å². The van der Waals surface area contributed by atoms with Gasteiger partial charge in [-0.15, -0.1) is 0 Å². The van der Waals surface area contributed by atoms with Gasteiger partial charge in [-0.3, -0.25) is 9.69 Å². The summed E-state index contributed by atoms with van der Waals surface area (Å²) in [4.78, 5) is 13.6. The molecule has 110 valence electrons. The minimum absolute atomic E-state index is 0.119. The van der Waals surface area contributed by atoms with Gasteiger partial charge in [0, 0.05) is 28.2 Å². The van der Waals surface area contributed by atoms with Crippen LogP contribution in [0.15, 0.2) is 24.3 Å². The lowest BCUT2D eigenvalue weighted by atomic mass is 10.2. The first-order valence-electron chi connectivity index (χ1n) is 6.66. The monoisotopic (exact) mass is 406 g/mol. The van der Waals surface area contributed by atoms with Crippen LogP contribution in [0.3, 0.4) is 0 Å². The van der Waals surface area contributed by atoms with Crippen LogP contribution in [0.25, 0.3) is 0 Å². The fourth-order valence-corrected chi connectivity index (χ4v) is 3.83. The number of halogens is 1. The number of carbonyl (C=O) groups excluding carboxylic acids is 1. The number of thioether (sulfide) groups is 1. The van der Waals surface area contributed by atoms with Gasteiger partial charge in [0.05, 0.1) is 12.6 Å². The molecule has 1 fully saturated rings. The van der Waals surface area contributed by atoms with Crippen molar-refractivity contribution < 1.29 is 9.53 Å². The maximum Gasteiger partial charge on any atom is 0.235 e. The highest BCUT2D eigenvalue weighted by atomic mass is 127. The molecule has 1 unspecified atom stereocenters. The summed E-state index contributed by atoms with van der Waals surface area (Å²) in [7, 11) is 0. The second-order valence-electron chi connectivity index (χ2n) is 4.69. The Morgan fingerprint density at radius 3 is 3.15 bits per heavy atom. The van der Waals surface area contributed by atoms with Crippen molar-refractivity contribution in [1.29, 1.82) is 0 Å². The first-order valence-corrected chi connectivity index (χ1v) is 8.89. The molecule has 0 aliphatic carbocycles. The molecule has 2 N–H and O–H groups in total. The van der Waals surface area contributed by atoms with Crippen molar-refractivity contribution in [1.82, 2.24) is 4.90 Å². The van der Waals surface area contributed by atoms with Crippen molar-refractivity contribution in [3.05, 3.63) is 27.8 Å². The summed E-state index contributed by atoms with van der Waals surface area (Å²) in [5.74, 6) is 2.57. The van der Waals surface area contributed by atoms with Gasteiger partial charge in [-0.05, 0) is 47.2 Å². The topological polar surface area (TPSA) is 55.6 Å². The molecular weight excluding hydrogens is 387 g/mol. The first kappa shape index (κ1) is 15.9. The lowest BCUT2D eigenvalue weighted by molar-refractivity contribution is -0.122. The third kappa shape index (κ3) is 4.82. The Bertz CT molecular complexity index is 459. The summed E-state index contributed by atoms with van der Waals surface area (Å²) in [5, 5.41) is 0. The summed E-state index contributed by atoms with van der Waals surface area (Å²) in [6, 6.07) is 7.89. The molecule has 0 bridgehead atoms. The van der Waals surface area contributed by atoms with E-state index in [1.807, 2.05) is 24.3 Å². The molecule has 20 heavy (non-hydrogen) atoms. The minimum Gasteiger partial charge on any atom is -0.494 e. The highest BCUT2D eigenvalue weighted by molar-refractivity contribution is 14.1. The van der Waals surface area contributed by atoms with E-state index in [1.165, 1.54) is 3.57 Å². The lowest BCUT2D eigenvalue weighted by Gasteiger charge is -2.33. The zero-order valence-electron chi connectivity index (χ0n) is 11.3. The Balaban J connectivity index is 1.73. The molecule has 0 aromatic heterocycles. The Labute approximate surface area is 137 Å². The zero-order chi connectivity index (χ0) is 14.4. The molecule has 0 spiro atoms. The number of ether oxygens (including phenoxy) is 1. The minimum atomic E-state index is -0.212. The predicted molar refractivity (Wildman–Crippen MR) is 91.2 cm³/mol. The molecule has 2 rings (SSSR count). The van der Waals surface area contributed by atoms with E-state index in [0.717, 1.165) is 36.8 Å². The average molecular weight is 406 g/mol. The highest BCUT2D eigenvalue weighted by Crippen LogP contribution is 2.17. The van der Waals surface area contributed by atoms with Crippen molar-refractivity contribution in [3.63, 3.8) is 0 Å². The summed E-state index contributed by atoms with van der Waals surface area (Å²) < 4.78 is 6.89. The van der Waals surface area contributed by atoms with E-state index in [1.54, 1.807) is 11.8 Å². The van der Waals surface area contributed by atoms with Crippen LogP contribution < -0.4 is 10.5 Å². The van der Waals surface area contributed by atoms with Crippen LogP contribution in [0.1, 0.15) is 6.42 Å². The van der Waals surface area contributed by atoms with E-state index >= 15 is 0 Å². The standard InChI is InChI=1S/C14H19IN2O2S/c15-11-3-1-4-12(9-11)19-7-2-5-17-6-8-20-10-13(17)14(16)18/h1,3-4,9,13H,2,5-8,10H2,(H2,16,18). The maximum atomic E-state index is 11.4. The Kier molecular flexibility index (Phi) is 6.44. The molecule has 1 aliphatic heterocycles. The summed E-state index contributed by atoms with van der Waals surface area (Å²) in [5.41, 5.74) is 5.44. The maximum absolute atomic E-state index is 11.4. The van der Waals surface area contributed by atoms with Crippen molar-refractivity contribution in [2.75, 3.05) is 31.2 Å². The van der Waals surface area contributed by atoms with Crippen LogP contribution >= 0.6 is 34.4 Å². The number of nitrogens with two attached hydrogens (primary N) is 1. The normalized spacial score (nSPS) is 19.8. The van der Waals surface area contributed by atoms with E-state index in [0.29, 0.717) is 6.61 Å². The van der Waals surface area contributed by atoms with E-state index in [4.69, 9.17) is 10.5 Å². The number of amides is 1. The highest BCUT2D eigenvalue weighted by Gasteiger charge is 2.26. The predicted octanol–water partition coefficient (Wildman–Crippen LogP) is 1.96. The number of hydrogen-bond acceptors (Lipinski definition) is 4. The van der Waals surface area contributed by atoms with Crippen molar-refractivity contribution >= 4 is 40.3 Å². The van der Waals surface area contributed by atoms with Crippen molar-refractivity contribution in [2.45, 2.75) is 12.5 Å². The number of carbonyl (C=O) groups is 1. The van der Waals surface area contributed by atoms with Gasteiger partial charge in [0.15, 0.2) is 0 Å². The largest absolute Gasteiger partial charge is 0.494 e. The second-order valence-corrected chi connectivity index (χ2v) is 7.08.